The highest BCUT2D eigenvalue weighted by Gasteiger charge is 2.28. The second-order valence-electron chi connectivity index (χ2n) is 36.6. The van der Waals surface area contributed by atoms with Crippen LogP contribution in [0.3, 0.4) is 0 Å². The van der Waals surface area contributed by atoms with Crippen LogP contribution in [0.15, 0.2) is 139 Å². The summed E-state index contributed by atoms with van der Waals surface area (Å²) >= 11 is 0. The van der Waals surface area contributed by atoms with E-state index >= 15 is 0 Å². The zero-order valence-corrected chi connectivity index (χ0v) is 82.3. The summed E-state index contributed by atoms with van der Waals surface area (Å²) in [6, 6.07) is 52.8. The van der Waals surface area contributed by atoms with E-state index in [2.05, 4.69) is 142 Å². The smallest absolute Gasteiger partial charge is 0.203 e. The summed E-state index contributed by atoms with van der Waals surface area (Å²) in [5, 5.41) is 45.3. The Morgan fingerprint density at radius 1 is 0.291 bits per heavy atom. The number of nitrogens with one attached hydrogen (secondary N) is 2. The number of benzene rings is 5. The fraction of sp³-hybridized carbons (Fsp3) is 0.500. The first-order valence-electron chi connectivity index (χ1n) is 52.3. The molecule has 8 bridgehead atoms. The SMILES string of the molecule is CCCCCCCCCCOc1cc(-c2c3nc(c(C(=C(C#N)C#N)C(c4ccccc4)=c4ccc(=C(C#N)C#N)cc4)c4ccc([nH]4)c(-c4cc(OCCCCCCCCCC)c(OCCCCCCCCCC)c(OCCCCCCCCCC)c4)c4nc(c(C#Cc5ccccc5)c5ccc2[nH]5)C=C4)C=C3)cc(OCCCCCCCCCC)c1OCCCCCCCCCC. The molecule has 5 heterocycles. The van der Waals surface area contributed by atoms with Crippen molar-refractivity contribution in [2.45, 2.75) is 350 Å². The fourth-order valence-corrected chi connectivity index (χ4v) is 18.0. The number of nitriles is 4. The third-order valence-electron chi connectivity index (χ3n) is 25.7. The number of aromatic amines is 2. The third kappa shape index (κ3) is 33.8. The second kappa shape index (κ2) is 62.1. The van der Waals surface area contributed by atoms with Gasteiger partial charge in [-0.3, -0.25) is 0 Å². The van der Waals surface area contributed by atoms with E-state index in [0.717, 1.165) is 138 Å². The maximum absolute atomic E-state index is 11.9. The Morgan fingerprint density at radius 3 is 0.963 bits per heavy atom. The Labute approximate surface area is 804 Å². The maximum atomic E-state index is 11.9. The molecule has 2 N–H and O–H groups in total. The van der Waals surface area contributed by atoms with Crippen LogP contribution in [0.4, 0.5) is 0 Å². The summed E-state index contributed by atoms with van der Waals surface area (Å²) in [5.74, 6) is 10.8. The number of ether oxygens (including phenoxy) is 6. The Hall–Kier alpha value is -11.5. The van der Waals surface area contributed by atoms with Gasteiger partial charge < -0.3 is 38.4 Å². The summed E-state index contributed by atoms with van der Waals surface area (Å²) in [7, 11) is 0. The molecule has 8 aromatic rings. The molecule has 0 unspecified atom stereocenters. The first-order valence-corrected chi connectivity index (χ1v) is 52.3. The normalized spacial score (nSPS) is 11.3. The van der Waals surface area contributed by atoms with Crippen molar-refractivity contribution in [3.63, 3.8) is 0 Å². The monoisotopic (exact) mass is 1800 g/mol. The van der Waals surface area contributed by atoms with Crippen LogP contribution in [-0.4, -0.2) is 59.6 Å². The molecule has 3 aromatic heterocycles. The van der Waals surface area contributed by atoms with Gasteiger partial charge in [-0.15, -0.1) is 0 Å². The molecule has 10 rings (SSSR count). The lowest BCUT2D eigenvalue weighted by Gasteiger charge is -2.19. The Bertz CT molecular complexity index is 5300. The number of fused-ring (bicyclic) bond motifs is 8. The van der Waals surface area contributed by atoms with Crippen LogP contribution in [0.2, 0.25) is 0 Å². The van der Waals surface area contributed by atoms with Gasteiger partial charge >= 0.3 is 0 Å². The fourth-order valence-electron chi connectivity index (χ4n) is 18.0. The molecule has 710 valence electrons. The van der Waals surface area contributed by atoms with Gasteiger partial charge in [-0.2, -0.15) is 21.0 Å². The highest BCUT2D eigenvalue weighted by atomic mass is 16.5. The van der Waals surface area contributed by atoms with Gasteiger partial charge in [0, 0.05) is 49.6 Å². The van der Waals surface area contributed by atoms with Gasteiger partial charge in [-0.1, -0.05) is 396 Å². The first kappa shape index (κ1) is 105. The van der Waals surface area contributed by atoms with Crippen molar-refractivity contribution in [2.75, 3.05) is 39.6 Å². The molecule has 134 heavy (non-hydrogen) atoms. The molecule has 0 fully saturated rings. The molecule has 2 aliphatic rings. The highest BCUT2D eigenvalue weighted by Crippen LogP contribution is 2.48. The van der Waals surface area contributed by atoms with Crippen LogP contribution in [0.1, 0.15) is 395 Å². The number of H-pyrrole nitrogens is 2. The van der Waals surface area contributed by atoms with Gasteiger partial charge in [0.25, 0.3) is 0 Å². The molecule has 0 amide bonds. The van der Waals surface area contributed by atoms with Gasteiger partial charge in [0.05, 0.1) is 73.5 Å². The molecule has 5 aromatic carbocycles. The lowest BCUT2D eigenvalue weighted by Crippen LogP contribution is -2.14. The van der Waals surface area contributed by atoms with Crippen molar-refractivity contribution in [1.29, 1.82) is 21.0 Å². The van der Waals surface area contributed by atoms with Crippen LogP contribution in [0.25, 0.3) is 85.3 Å². The molecule has 0 saturated carbocycles. The number of unbranched alkanes of at least 4 members (excludes halogenated alkanes) is 42. The molecule has 14 nitrogen and oxygen atoms in total. The lowest BCUT2D eigenvalue weighted by atomic mass is 9.86. The molecule has 14 heteroatoms. The van der Waals surface area contributed by atoms with Crippen molar-refractivity contribution >= 4 is 63.1 Å². The molecule has 0 atom stereocenters. The summed E-state index contributed by atoms with van der Waals surface area (Å²) in [5.41, 5.74) is 11.1. The van der Waals surface area contributed by atoms with E-state index in [9.17, 15) is 21.0 Å². The minimum absolute atomic E-state index is 0.0488. The van der Waals surface area contributed by atoms with Gasteiger partial charge in [-0.25, -0.2) is 9.97 Å². The Balaban J connectivity index is 1.30. The van der Waals surface area contributed by atoms with E-state index in [4.69, 9.17) is 38.4 Å². The largest absolute Gasteiger partial charge is 0.490 e. The van der Waals surface area contributed by atoms with Crippen molar-refractivity contribution in [1.82, 2.24) is 19.9 Å². The standard InChI is InChI=1S/C120H154N8O6/c1-7-13-19-25-31-37-43-55-79-129-110-85-97(86-111(130-80-56-44-38-32-26-20-14-8-2)119(110)133-83-59-47-41-35-29-23-17-11-5)115-104-73-71-102(125-104)101(70-65-93-61-51-49-52-62-93)103-72-74-105(126-103)116(98-87-112(131-81-57-45-39-33-27-21-15-9-3)120(134-84-60-48-42-36-30-24-18-12-6)113(88-98)132-82-58-46-40-34-28-22-16-10-4)107-76-78-109(128-107)118(108-77-75-106(115)127-108)117(100(91-123)92-124)114(95-63-53-50-54-64-95)96-68-66-94(67-69-96)99(89-121)90-122/h49-54,61-64,66-69,71-78,85-88,125,128H,7-48,55-60,79-84H2,1-6H3. The summed E-state index contributed by atoms with van der Waals surface area (Å²) in [6.45, 7) is 16.5. The molecule has 2 aliphatic heterocycles. The quantitative estimate of drug-likeness (QED) is 0.0207. The van der Waals surface area contributed by atoms with E-state index in [1.165, 1.54) is 193 Å². The number of aromatic nitrogens is 4. The molecule has 0 saturated heterocycles. The molecule has 0 aliphatic carbocycles. The van der Waals surface area contributed by atoms with Gasteiger partial charge in [0.1, 0.15) is 35.4 Å². The summed E-state index contributed by atoms with van der Waals surface area (Å²) in [6.07, 6.45) is 63.6. The summed E-state index contributed by atoms with van der Waals surface area (Å²) in [4.78, 5) is 19.7. The van der Waals surface area contributed by atoms with Crippen LogP contribution in [0, 0.1) is 57.2 Å². The molecular weight excluding hydrogens is 1650 g/mol. The van der Waals surface area contributed by atoms with Crippen LogP contribution in [-0.2, 0) is 0 Å². The first-order chi connectivity index (χ1) is 66.2. The lowest BCUT2D eigenvalue weighted by molar-refractivity contribution is 0.234. The van der Waals surface area contributed by atoms with Crippen molar-refractivity contribution in [3.8, 4) is 92.9 Å². The summed E-state index contributed by atoms with van der Waals surface area (Å²) < 4.78 is 42.9. The molecular formula is C120H154N8O6. The predicted octanol–water partition coefficient (Wildman–Crippen LogP) is 32.4. The topological polar surface area (TPSA) is 208 Å². The number of nitrogens with zero attached hydrogens (tertiary/aromatic N) is 6. The van der Waals surface area contributed by atoms with Crippen molar-refractivity contribution < 1.29 is 28.4 Å². The maximum Gasteiger partial charge on any atom is 0.203 e. The van der Waals surface area contributed by atoms with Crippen LogP contribution >= 0.6 is 0 Å². The second-order valence-corrected chi connectivity index (χ2v) is 36.6. The zero-order valence-electron chi connectivity index (χ0n) is 82.3. The third-order valence-corrected chi connectivity index (χ3v) is 25.7. The van der Waals surface area contributed by atoms with E-state index in [-0.39, 0.29) is 11.1 Å². The van der Waals surface area contributed by atoms with Crippen LogP contribution in [0.5, 0.6) is 34.5 Å². The Morgan fingerprint density at radius 2 is 0.597 bits per heavy atom. The number of hydrogen-bond acceptors (Lipinski definition) is 12. The molecule has 0 radical (unpaired) electrons. The van der Waals surface area contributed by atoms with E-state index in [1.807, 2.05) is 91.0 Å². The average molecular weight is 1800 g/mol. The molecule has 0 spiro atoms. The van der Waals surface area contributed by atoms with Crippen LogP contribution < -0.4 is 38.9 Å². The van der Waals surface area contributed by atoms with Crippen molar-refractivity contribution in [2.24, 2.45) is 0 Å². The van der Waals surface area contributed by atoms with Gasteiger partial charge in [0.2, 0.25) is 11.5 Å². The Kier molecular flexibility index (Phi) is 48.5. The zero-order chi connectivity index (χ0) is 94.0. The van der Waals surface area contributed by atoms with Crippen molar-refractivity contribution in [3.05, 3.63) is 194 Å². The average Bonchev–Trinajstić information content (AvgIpc) is 1.62. The van der Waals surface area contributed by atoms with E-state index in [1.54, 1.807) is 12.1 Å². The highest BCUT2D eigenvalue weighted by molar-refractivity contribution is 6.13. The van der Waals surface area contributed by atoms with E-state index < -0.39 is 0 Å². The van der Waals surface area contributed by atoms with Gasteiger partial charge in [-0.05, 0) is 151 Å². The number of allylic oxidation sites excluding steroid dienone is 2. The van der Waals surface area contributed by atoms with Gasteiger partial charge in [0.15, 0.2) is 23.0 Å². The number of hydrogen-bond donors (Lipinski definition) is 2. The minimum atomic E-state index is -0.179. The minimum Gasteiger partial charge on any atom is -0.490 e. The van der Waals surface area contributed by atoms with E-state index in [0.29, 0.717) is 163 Å². The predicted molar refractivity (Wildman–Crippen MR) is 558 cm³/mol. The number of rotatable bonds is 65.